The van der Waals surface area contributed by atoms with E-state index in [-0.39, 0.29) is 12.1 Å². The largest absolute Gasteiger partial charge is 0.377 e. The van der Waals surface area contributed by atoms with Crippen LogP contribution in [0.3, 0.4) is 0 Å². The molecular weight excluding hydrogens is 180 g/mol. The zero-order valence-corrected chi connectivity index (χ0v) is 7.72. The molecule has 1 fully saturated rings. The molecule has 1 aromatic rings. The highest BCUT2D eigenvalue weighted by molar-refractivity contribution is 5.06. The van der Waals surface area contributed by atoms with Crippen LogP contribution in [0.1, 0.15) is 5.69 Å². The van der Waals surface area contributed by atoms with Crippen LogP contribution in [0.2, 0.25) is 0 Å². The van der Waals surface area contributed by atoms with Crippen molar-refractivity contribution >= 4 is 0 Å². The van der Waals surface area contributed by atoms with Gasteiger partial charge < -0.3 is 10.8 Å². The van der Waals surface area contributed by atoms with E-state index >= 15 is 0 Å². The summed E-state index contributed by atoms with van der Waals surface area (Å²) < 4.78 is 0. The minimum absolute atomic E-state index is 0.0371. The van der Waals surface area contributed by atoms with Gasteiger partial charge in [0.15, 0.2) is 0 Å². The lowest BCUT2D eigenvalue weighted by atomic mass is 10.00. The number of hydrazine groups is 1. The van der Waals surface area contributed by atoms with Crippen LogP contribution in [-0.4, -0.2) is 22.5 Å². The second-order valence-corrected chi connectivity index (χ2v) is 3.45. The molecule has 1 aromatic heterocycles. The van der Waals surface area contributed by atoms with Crippen LogP contribution in [0.25, 0.3) is 0 Å². The van der Waals surface area contributed by atoms with Gasteiger partial charge in [0, 0.05) is 17.8 Å². The van der Waals surface area contributed by atoms with Crippen molar-refractivity contribution in [1.29, 1.82) is 0 Å². The number of aromatic nitrogens is 1. The third-order valence-corrected chi connectivity index (χ3v) is 2.44. The highest BCUT2D eigenvalue weighted by Gasteiger charge is 2.32. The molecule has 5 heteroatoms. The molecule has 76 valence electrons. The molecule has 0 radical (unpaired) electrons. The standard InChI is InChI=1S/C9H14N4O/c10-8-7(9(14)13-12-8)5-6-3-1-2-4-11-6/h1-4,7-9,12-14H,5,10H2. The van der Waals surface area contributed by atoms with Crippen molar-refractivity contribution in [1.82, 2.24) is 15.8 Å². The van der Waals surface area contributed by atoms with Crippen LogP contribution in [0, 0.1) is 5.92 Å². The lowest BCUT2D eigenvalue weighted by Gasteiger charge is -2.15. The number of hydrogen-bond donors (Lipinski definition) is 4. The zero-order chi connectivity index (χ0) is 9.97. The summed E-state index contributed by atoms with van der Waals surface area (Å²) in [5.74, 6) is -0.0371. The van der Waals surface area contributed by atoms with Crippen molar-refractivity contribution in [2.24, 2.45) is 11.7 Å². The van der Waals surface area contributed by atoms with Crippen LogP contribution in [0.15, 0.2) is 24.4 Å². The van der Waals surface area contributed by atoms with Gasteiger partial charge in [-0.25, -0.2) is 10.9 Å². The lowest BCUT2D eigenvalue weighted by Crippen LogP contribution is -2.39. The van der Waals surface area contributed by atoms with Gasteiger partial charge in [-0.05, 0) is 18.6 Å². The van der Waals surface area contributed by atoms with E-state index < -0.39 is 6.23 Å². The normalized spacial score (nSPS) is 32.0. The van der Waals surface area contributed by atoms with Gasteiger partial charge in [0.05, 0.1) is 6.17 Å². The van der Waals surface area contributed by atoms with Gasteiger partial charge in [-0.2, -0.15) is 0 Å². The van der Waals surface area contributed by atoms with Gasteiger partial charge in [-0.15, -0.1) is 0 Å². The number of aliphatic hydroxyl groups excluding tert-OH is 1. The van der Waals surface area contributed by atoms with Crippen LogP contribution in [0.4, 0.5) is 0 Å². The fourth-order valence-electron chi connectivity index (χ4n) is 1.59. The van der Waals surface area contributed by atoms with Gasteiger partial charge >= 0.3 is 0 Å². The molecule has 0 aliphatic carbocycles. The topological polar surface area (TPSA) is 83.2 Å². The maximum Gasteiger partial charge on any atom is 0.123 e. The highest BCUT2D eigenvalue weighted by atomic mass is 16.3. The Kier molecular flexibility index (Phi) is 2.74. The molecular formula is C9H14N4O. The van der Waals surface area contributed by atoms with Gasteiger partial charge in [-0.1, -0.05) is 6.07 Å². The predicted molar refractivity (Wildman–Crippen MR) is 51.7 cm³/mol. The molecule has 3 atom stereocenters. The third-order valence-electron chi connectivity index (χ3n) is 2.44. The molecule has 3 unspecified atom stereocenters. The average Bonchev–Trinajstić information content (AvgIpc) is 2.51. The van der Waals surface area contributed by atoms with Gasteiger partial charge in [-0.3, -0.25) is 4.98 Å². The molecule has 2 heterocycles. The first-order valence-corrected chi connectivity index (χ1v) is 4.62. The van der Waals surface area contributed by atoms with E-state index in [0.29, 0.717) is 6.42 Å². The quantitative estimate of drug-likeness (QED) is 0.483. The fraction of sp³-hybridized carbons (Fsp3) is 0.444. The second kappa shape index (κ2) is 4.02. The Morgan fingerprint density at radius 3 is 2.86 bits per heavy atom. The summed E-state index contributed by atoms with van der Waals surface area (Å²) in [5, 5.41) is 9.54. The van der Waals surface area contributed by atoms with Crippen molar-refractivity contribution < 1.29 is 5.11 Å². The van der Waals surface area contributed by atoms with E-state index in [1.165, 1.54) is 0 Å². The Morgan fingerprint density at radius 1 is 1.43 bits per heavy atom. The smallest absolute Gasteiger partial charge is 0.123 e. The molecule has 0 bridgehead atoms. The highest BCUT2D eigenvalue weighted by Crippen LogP contribution is 2.14. The number of nitrogens with zero attached hydrogens (tertiary/aromatic N) is 1. The van der Waals surface area contributed by atoms with Crippen molar-refractivity contribution in [2.45, 2.75) is 18.8 Å². The molecule has 0 aromatic carbocycles. The Morgan fingerprint density at radius 2 is 2.29 bits per heavy atom. The van der Waals surface area contributed by atoms with E-state index in [4.69, 9.17) is 5.73 Å². The number of hydrogen-bond acceptors (Lipinski definition) is 5. The van der Waals surface area contributed by atoms with Crippen LogP contribution in [-0.2, 0) is 6.42 Å². The average molecular weight is 194 g/mol. The first-order chi connectivity index (χ1) is 6.77. The number of rotatable bonds is 2. The molecule has 1 saturated heterocycles. The van der Waals surface area contributed by atoms with E-state index in [9.17, 15) is 5.11 Å². The summed E-state index contributed by atoms with van der Waals surface area (Å²) in [4.78, 5) is 4.19. The Hall–Kier alpha value is -1.01. The number of pyridine rings is 1. The first kappa shape index (κ1) is 9.54. The summed E-state index contributed by atoms with van der Waals surface area (Å²) in [6.45, 7) is 0. The molecule has 1 aliphatic rings. The Balaban J connectivity index is 2.04. The predicted octanol–water partition coefficient (Wildman–Crippen LogP) is -1.05. The molecule has 5 N–H and O–H groups in total. The maximum atomic E-state index is 9.54. The summed E-state index contributed by atoms with van der Waals surface area (Å²) in [5.41, 5.74) is 12.2. The lowest BCUT2D eigenvalue weighted by molar-refractivity contribution is 0.106. The molecule has 0 saturated carbocycles. The van der Waals surface area contributed by atoms with Crippen molar-refractivity contribution in [2.75, 3.05) is 0 Å². The Labute approximate surface area is 82.3 Å². The second-order valence-electron chi connectivity index (χ2n) is 3.45. The van der Waals surface area contributed by atoms with Crippen LogP contribution >= 0.6 is 0 Å². The van der Waals surface area contributed by atoms with Crippen molar-refractivity contribution in [3.05, 3.63) is 30.1 Å². The summed E-state index contributed by atoms with van der Waals surface area (Å²) >= 11 is 0. The van der Waals surface area contributed by atoms with E-state index in [0.717, 1.165) is 5.69 Å². The van der Waals surface area contributed by atoms with Crippen LogP contribution in [0.5, 0.6) is 0 Å². The molecule has 14 heavy (non-hydrogen) atoms. The maximum absolute atomic E-state index is 9.54. The molecule has 0 spiro atoms. The fourth-order valence-corrected chi connectivity index (χ4v) is 1.59. The van der Waals surface area contributed by atoms with Crippen molar-refractivity contribution in [3.63, 3.8) is 0 Å². The van der Waals surface area contributed by atoms with Gasteiger partial charge in [0.2, 0.25) is 0 Å². The number of aliphatic hydroxyl groups is 1. The van der Waals surface area contributed by atoms with E-state index in [2.05, 4.69) is 15.8 Å². The summed E-state index contributed by atoms with van der Waals surface area (Å²) in [7, 11) is 0. The van der Waals surface area contributed by atoms with E-state index in [1.54, 1.807) is 6.20 Å². The van der Waals surface area contributed by atoms with Gasteiger partial charge in [0.1, 0.15) is 6.23 Å². The molecule has 5 nitrogen and oxygen atoms in total. The monoisotopic (exact) mass is 194 g/mol. The third kappa shape index (κ3) is 1.91. The minimum Gasteiger partial charge on any atom is -0.377 e. The Bertz CT molecular complexity index is 282. The zero-order valence-electron chi connectivity index (χ0n) is 7.72. The SMILES string of the molecule is NC1NNC(O)C1Cc1ccccn1. The molecule has 1 aliphatic heterocycles. The number of nitrogens with two attached hydrogens (primary N) is 1. The summed E-state index contributed by atoms with van der Waals surface area (Å²) in [6, 6.07) is 5.72. The van der Waals surface area contributed by atoms with Crippen molar-refractivity contribution in [3.8, 4) is 0 Å². The molecule has 0 amide bonds. The minimum atomic E-state index is -0.605. The van der Waals surface area contributed by atoms with E-state index in [1.807, 2.05) is 18.2 Å². The van der Waals surface area contributed by atoms with Gasteiger partial charge in [0.25, 0.3) is 0 Å². The number of nitrogens with one attached hydrogen (secondary N) is 2. The van der Waals surface area contributed by atoms with Crippen LogP contribution < -0.4 is 16.6 Å². The molecule has 2 rings (SSSR count). The summed E-state index contributed by atoms with van der Waals surface area (Å²) in [6.07, 6.45) is 1.57. The first-order valence-electron chi connectivity index (χ1n) is 4.62.